The number of esters is 1. The number of halogens is 1. The third-order valence-corrected chi connectivity index (χ3v) is 5.94. The van der Waals surface area contributed by atoms with Crippen molar-refractivity contribution in [3.63, 3.8) is 0 Å². The van der Waals surface area contributed by atoms with Gasteiger partial charge in [0.05, 0.1) is 17.5 Å². The van der Waals surface area contributed by atoms with Crippen LogP contribution in [-0.2, 0) is 24.2 Å². The zero-order valence-corrected chi connectivity index (χ0v) is 14.9. The summed E-state index contributed by atoms with van der Waals surface area (Å²) < 4.78 is 27.6. The Labute approximate surface area is 146 Å². The summed E-state index contributed by atoms with van der Waals surface area (Å²) in [6.07, 6.45) is 0.492. The summed E-state index contributed by atoms with van der Waals surface area (Å²) in [5.41, 5.74) is 0.846. The molecule has 1 heterocycles. The Morgan fingerprint density at radius 1 is 1.42 bits per heavy atom. The molecule has 0 saturated carbocycles. The smallest absolute Gasteiger partial charge is 0.306 e. The van der Waals surface area contributed by atoms with Gasteiger partial charge >= 0.3 is 5.97 Å². The van der Waals surface area contributed by atoms with E-state index in [-0.39, 0.29) is 36.5 Å². The highest BCUT2D eigenvalue weighted by molar-refractivity contribution is 7.91. The van der Waals surface area contributed by atoms with Crippen LogP contribution in [0.4, 0.5) is 0 Å². The monoisotopic (exact) mass is 373 g/mol. The van der Waals surface area contributed by atoms with Crippen molar-refractivity contribution in [2.24, 2.45) is 5.92 Å². The molecule has 1 aromatic rings. The Balaban J connectivity index is 1.73. The summed E-state index contributed by atoms with van der Waals surface area (Å²) in [5.74, 6) is -1.06. The number of hydrogen-bond acceptors (Lipinski definition) is 5. The maximum absolute atomic E-state index is 11.8. The van der Waals surface area contributed by atoms with E-state index < -0.39 is 21.7 Å². The fraction of sp³-hybridized carbons (Fsp3) is 0.500. The molecule has 1 saturated heterocycles. The van der Waals surface area contributed by atoms with Crippen LogP contribution in [0.25, 0.3) is 0 Å². The third kappa shape index (κ3) is 5.79. The van der Waals surface area contributed by atoms with E-state index >= 15 is 0 Å². The Morgan fingerprint density at radius 3 is 2.79 bits per heavy atom. The van der Waals surface area contributed by atoms with Gasteiger partial charge in [0, 0.05) is 11.4 Å². The number of carbonyl (C=O) groups is 2. The van der Waals surface area contributed by atoms with Crippen LogP contribution < -0.4 is 5.32 Å². The SMILES string of the molecule is C[C@@H](NC(=O)COC(=O)C[C@H]1CCS(=O)(=O)C1)c1cccc(Cl)c1. The first-order chi connectivity index (χ1) is 11.2. The number of amides is 1. The molecule has 132 valence electrons. The van der Waals surface area contributed by atoms with Gasteiger partial charge in [-0.3, -0.25) is 9.59 Å². The number of carbonyl (C=O) groups excluding carboxylic acids is 2. The summed E-state index contributed by atoms with van der Waals surface area (Å²) in [7, 11) is -3.02. The average molecular weight is 374 g/mol. The van der Waals surface area contributed by atoms with Crippen LogP contribution in [0, 0.1) is 5.92 Å². The minimum absolute atomic E-state index is 0.0140. The van der Waals surface area contributed by atoms with Gasteiger partial charge in [-0.1, -0.05) is 23.7 Å². The molecule has 1 aliphatic heterocycles. The fourth-order valence-electron chi connectivity index (χ4n) is 2.62. The molecule has 0 unspecified atom stereocenters. The van der Waals surface area contributed by atoms with E-state index in [1.807, 2.05) is 6.07 Å². The lowest BCUT2D eigenvalue weighted by molar-refractivity contribution is -0.149. The van der Waals surface area contributed by atoms with Crippen LogP contribution in [0.2, 0.25) is 5.02 Å². The molecule has 8 heteroatoms. The summed E-state index contributed by atoms with van der Waals surface area (Å²) in [5, 5.41) is 3.29. The predicted molar refractivity (Wildman–Crippen MR) is 90.3 cm³/mol. The van der Waals surface area contributed by atoms with Crippen LogP contribution >= 0.6 is 11.6 Å². The maximum Gasteiger partial charge on any atom is 0.306 e. The first-order valence-corrected chi connectivity index (χ1v) is 9.86. The number of nitrogens with one attached hydrogen (secondary N) is 1. The summed E-state index contributed by atoms with van der Waals surface area (Å²) >= 11 is 5.90. The van der Waals surface area contributed by atoms with E-state index in [2.05, 4.69) is 5.32 Å². The molecule has 1 fully saturated rings. The van der Waals surface area contributed by atoms with Crippen LogP contribution in [0.15, 0.2) is 24.3 Å². The molecule has 0 radical (unpaired) electrons. The number of ether oxygens (including phenoxy) is 1. The lowest BCUT2D eigenvalue weighted by Crippen LogP contribution is -2.31. The predicted octanol–water partition coefficient (Wildman–Crippen LogP) is 1.89. The van der Waals surface area contributed by atoms with Crippen LogP contribution in [0.3, 0.4) is 0 Å². The fourth-order valence-corrected chi connectivity index (χ4v) is 4.68. The van der Waals surface area contributed by atoms with Crippen LogP contribution in [0.1, 0.15) is 31.4 Å². The number of benzene rings is 1. The second-order valence-corrected chi connectivity index (χ2v) is 8.64. The molecule has 0 spiro atoms. The molecule has 0 aromatic heterocycles. The Morgan fingerprint density at radius 2 is 2.17 bits per heavy atom. The molecule has 6 nitrogen and oxygen atoms in total. The van der Waals surface area contributed by atoms with Crippen molar-refractivity contribution in [3.8, 4) is 0 Å². The molecular weight excluding hydrogens is 354 g/mol. The summed E-state index contributed by atoms with van der Waals surface area (Å²) in [6.45, 7) is 1.41. The van der Waals surface area contributed by atoms with E-state index in [1.165, 1.54) is 0 Å². The van der Waals surface area contributed by atoms with Gasteiger partial charge in [-0.15, -0.1) is 0 Å². The van der Waals surface area contributed by atoms with E-state index in [0.717, 1.165) is 5.56 Å². The number of hydrogen-bond donors (Lipinski definition) is 1. The van der Waals surface area contributed by atoms with Gasteiger partial charge < -0.3 is 10.1 Å². The molecule has 0 bridgehead atoms. The second kappa shape index (κ2) is 7.98. The Hall–Kier alpha value is -1.60. The highest BCUT2D eigenvalue weighted by Crippen LogP contribution is 2.22. The first kappa shape index (κ1) is 18.7. The quantitative estimate of drug-likeness (QED) is 0.769. The second-order valence-electron chi connectivity index (χ2n) is 5.98. The van der Waals surface area contributed by atoms with Gasteiger partial charge in [0.25, 0.3) is 5.91 Å². The van der Waals surface area contributed by atoms with E-state index in [4.69, 9.17) is 16.3 Å². The molecule has 2 rings (SSSR count). The topological polar surface area (TPSA) is 89.5 Å². The standard InChI is InChI=1S/C16H20ClNO5S/c1-11(13-3-2-4-14(17)8-13)18-15(19)9-23-16(20)7-12-5-6-24(21,22)10-12/h2-4,8,11-12H,5-7,9-10H2,1H3,(H,18,19)/t11-,12-/m1/s1. The zero-order valence-electron chi connectivity index (χ0n) is 13.3. The molecule has 0 aliphatic carbocycles. The van der Waals surface area contributed by atoms with Crippen LogP contribution in [0.5, 0.6) is 0 Å². The molecular formula is C16H20ClNO5S. The van der Waals surface area contributed by atoms with Crippen molar-refractivity contribution in [1.29, 1.82) is 0 Å². The van der Waals surface area contributed by atoms with E-state index in [9.17, 15) is 18.0 Å². The molecule has 24 heavy (non-hydrogen) atoms. The minimum atomic E-state index is -3.02. The van der Waals surface area contributed by atoms with Gasteiger partial charge in [0.15, 0.2) is 16.4 Å². The van der Waals surface area contributed by atoms with E-state index in [0.29, 0.717) is 11.4 Å². The van der Waals surface area contributed by atoms with Gasteiger partial charge in [0.1, 0.15) is 0 Å². The molecule has 1 aromatic carbocycles. The largest absolute Gasteiger partial charge is 0.456 e. The number of sulfone groups is 1. The highest BCUT2D eigenvalue weighted by atomic mass is 35.5. The van der Waals surface area contributed by atoms with Crippen molar-refractivity contribution < 1.29 is 22.7 Å². The number of rotatable bonds is 6. The van der Waals surface area contributed by atoms with Gasteiger partial charge in [-0.2, -0.15) is 0 Å². The van der Waals surface area contributed by atoms with Gasteiger partial charge in [0.2, 0.25) is 0 Å². The van der Waals surface area contributed by atoms with Crippen molar-refractivity contribution in [3.05, 3.63) is 34.9 Å². The molecule has 1 N–H and O–H groups in total. The van der Waals surface area contributed by atoms with Crippen molar-refractivity contribution in [1.82, 2.24) is 5.32 Å². The minimum Gasteiger partial charge on any atom is -0.456 e. The Kier molecular flexibility index (Phi) is 6.23. The van der Waals surface area contributed by atoms with Gasteiger partial charge in [-0.25, -0.2) is 8.42 Å². The normalized spacial score (nSPS) is 20.3. The summed E-state index contributed by atoms with van der Waals surface area (Å²) in [4.78, 5) is 23.5. The highest BCUT2D eigenvalue weighted by Gasteiger charge is 2.30. The molecule has 1 aliphatic rings. The Bertz CT molecular complexity index is 719. The van der Waals surface area contributed by atoms with Gasteiger partial charge in [-0.05, 0) is 37.0 Å². The lowest BCUT2D eigenvalue weighted by Gasteiger charge is -2.15. The zero-order chi connectivity index (χ0) is 17.7. The molecule has 1 amide bonds. The van der Waals surface area contributed by atoms with E-state index in [1.54, 1.807) is 25.1 Å². The van der Waals surface area contributed by atoms with Crippen LogP contribution in [-0.4, -0.2) is 38.4 Å². The van der Waals surface area contributed by atoms with Crippen molar-refractivity contribution >= 4 is 33.3 Å². The first-order valence-electron chi connectivity index (χ1n) is 7.66. The summed E-state index contributed by atoms with van der Waals surface area (Å²) in [6, 6.07) is 6.85. The van der Waals surface area contributed by atoms with Crippen molar-refractivity contribution in [2.75, 3.05) is 18.1 Å². The third-order valence-electron chi connectivity index (χ3n) is 3.87. The maximum atomic E-state index is 11.8. The molecule has 2 atom stereocenters. The lowest BCUT2D eigenvalue weighted by atomic mass is 10.1. The average Bonchev–Trinajstić information content (AvgIpc) is 2.84. The van der Waals surface area contributed by atoms with Crippen molar-refractivity contribution in [2.45, 2.75) is 25.8 Å².